The Morgan fingerprint density at radius 3 is 2.27 bits per heavy atom. The van der Waals surface area contributed by atoms with Crippen LogP contribution in [-0.4, -0.2) is 67.2 Å². The van der Waals surface area contributed by atoms with Crippen molar-refractivity contribution in [1.82, 2.24) is 21.3 Å². The van der Waals surface area contributed by atoms with E-state index in [1.54, 1.807) is 32.9 Å². The fourth-order valence-electron chi connectivity index (χ4n) is 3.94. The number of fused-ring (bicyclic) bond motifs is 2. The molecule has 0 aromatic heterocycles. The van der Waals surface area contributed by atoms with Crippen LogP contribution < -0.4 is 21.3 Å². The predicted octanol–water partition coefficient (Wildman–Crippen LogP) is 1.13. The number of ether oxygens (including phenoxy) is 2. The molecule has 1 aromatic carbocycles. The third-order valence-electron chi connectivity index (χ3n) is 5.59. The Balaban J connectivity index is 2.34. The number of hydrogen-bond donors (Lipinski definition) is 4. The number of benzene rings is 1. The number of alkyl carbamates (subject to hydrolysis) is 1. The second kappa shape index (κ2) is 13.6. The van der Waals surface area contributed by atoms with Crippen LogP contribution in [0.2, 0.25) is 0 Å². The quantitative estimate of drug-likeness (QED) is 0.438. The average Bonchev–Trinajstić information content (AvgIpc) is 2.79. The molecule has 0 saturated heterocycles. The van der Waals surface area contributed by atoms with E-state index in [1.165, 1.54) is 14.0 Å². The Hall–Kier alpha value is -3.63. The SMILES string of the molecule is COC(=O)[C@@H]1Cc2cccc(c2)C[C@H](NC(C)=O)C(=O)NCCCC[C@H](NC(=O)OC(C)(C)C)C(=O)N1. The Bertz CT molecular complexity index is 989. The zero-order chi connectivity index (χ0) is 27.6. The van der Waals surface area contributed by atoms with Gasteiger partial charge >= 0.3 is 12.1 Å². The normalized spacial score (nSPS) is 21.6. The number of methoxy groups -OCH3 is 1. The summed E-state index contributed by atoms with van der Waals surface area (Å²) in [6.45, 7) is 6.81. The van der Waals surface area contributed by atoms with Crippen LogP contribution in [0.3, 0.4) is 0 Å². The third kappa shape index (κ3) is 10.5. The first-order valence-electron chi connectivity index (χ1n) is 12.4. The van der Waals surface area contributed by atoms with Gasteiger partial charge in [0, 0.05) is 26.3 Å². The van der Waals surface area contributed by atoms with Gasteiger partial charge in [0.1, 0.15) is 23.7 Å². The van der Waals surface area contributed by atoms with Gasteiger partial charge in [0.2, 0.25) is 17.7 Å². The highest BCUT2D eigenvalue weighted by atomic mass is 16.6. The first kappa shape index (κ1) is 29.6. The molecule has 2 rings (SSSR count). The number of amides is 4. The average molecular weight is 519 g/mol. The number of carbonyl (C=O) groups excluding carboxylic acids is 5. The summed E-state index contributed by atoms with van der Waals surface area (Å²) in [5.74, 6) is -1.82. The molecule has 4 amide bonds. The van der Waals surface area contributed by atoms with E-state index in [2.05, 4.69) is 21.3 Å². The smallest absolute Gasteiger partial charge is 0.408 e. The lowest BCUT2D eigenvalue weighted by Crippen LogP contribution is -2.53. The topological polar surface area (TPSA) is 152 Å². The van der Waals surface area contributed by atoms with Crippen LogP contribution in [0.1, 0.15) is 58.1 Å². The predicted molar refractivity (Wildman–Crippen MR) is 135 cm³/mol. The number of hydrogen-bond acceptors (Lipinski definition) is 7. The Morgan fingerprint density at radius 2 is 1.65 bits per heavy atom. The van der Waals surface area contributed by atoms with Crippen molar-refractivity contribution in [2.75, 3.05) is 13.7 Å². The molecular formula is C26H38N4O7. The minimum atomic E-state index is -1.00. The van der Waals surface area contributed by atoms with Gasteiger partial charge < -0.3 is 30.7 Å². The monoisotopic (exact) mass is 518 g/mol. The molecule has 0 aliphatic carbocycles. The molecule has 0 radical (unpaired) electrons. The Morgan fingerprint density at radius 1 is 0.973 bits per heavy atom. The maximum absolute atomic E-state index is 13.2. The molecule has 3 atom stereocenters. The number of esters is 1. The van der Waals surface area contributed by atoms with E-state index in [0.29, 0.717) is 19.4 Å². The lowest BCUT2D eigenvalue weighted by Gasteiger charge is -2.25. The Labute approximate surface area is 217 Å². The largest absolute Gasteiger partial charge is 0.467 e. The highest BCUT2D eigenvalue weighted by molar-refractivity contribution is 5.90. The molecule has 37 heavy (non-hydrogen) atoms. The van der Waals surface area contributed by atoms with Crippen LogP contribution in [0, 0.1) is 0 Å². The molecule has 11 nitrogen and oxygen atoms in total. The lowest BCUT2D eigenvalue weighted by molar-refractivity contribution is -0.145. The highest BCUT2D eigenvalue weighted by Gasteiger charge is 2.29. The molecule has 204 valence electrons. The summed E-state index contributed by atoms with van der Waals surface area (Å²) in [5.41, 5.74) is 0.740. The van der Waals surface area contributed by atoms with E-state index in [1.807, 2.05) is 12.1 Å². The third-order valence-corrected chi connectivity index (χ3v) is 5.59. The summed E-state index contributed by atoms with van der Waals surface area (Å²) in [7, 11) is 1.23. The zero-order valence-corrected chi connectivity index (χ0v) is 22.1. The van der Waals surface area contributed by atoms with Crippen molar-refractivity contribution in [2.45, 2.75) is 83.5 Å². The van der Waals surface area contributed by atoms with Gasteiger partial charge in [-0.25, -0.2) is 9.59 Å². The van der Waals surface area contributed by atoms with Crippen LogP contribution in [0.4, 0.5) is 4.79 Å². The fraction of sp³-hybridized carbons (Fsp3) is 0.577. The molecule has 1 aliphatic heterocycles. The van der Waals surface area contributed by atoms with Crippen molar-refractivity contribution in [2.24, 2.45) is 0 Å². The van der Waals surface area contributed by atoms with Crippen LogP contribution in [0.25, 0.3) is 0 Å². The summed E-state index contributed by atoms with van der Waals surface area (Å²) in [4.78, 5) is 62.6. The summed E-state index contributed by atoms with van der Waals surface area (Å²) < 4.78 is 10.2. The molecule has 0 fully saturated rings. The molecule has 0 spiro atoms. The highest BCUT2D eigenvalue weighted by Crippen LogP contribution is 2.13. The van der Waals surface area contributed by atoms with Gasteiger partial charge in [-0.3, -0.25) is 14.4 Å². The van der Waals surface area contributed by atoms with E-state index < -0.39 is 41.7 Å². The first-order chi connectivity index (χ1) is 17.4. The maximum Gasteiger partial charge on any atom is 0.408 e. The van der Waals surface area contributed by atoms with Gasteiger partial charge in [0.15, 0.2) is 0 Å². The van der Waals surface area contributed by atoms with Crippen molar-refractivity contribution < 1.29 is 33.4 Å². The van der Waals surface area contributed by atoms with Crippen LogP contribution in [0.15, 0.2) is 24.3 Å². The van der Waals surface area contributed by atoms with E-state index in [0.717, 1.165) is 11.1 Å². The molecule has 0 unspecified atom stereocenters. The second-order valence-electron chi connectivity index (χ2n) is 10.1. The molecule has 1 aliphatic rings. The number of carbonyl (C=O) groups is 5. The van der Waals surface area contributed by atoms with Crippen molar-refractivity contribution in [3.05, 3.63) is 35.4 Å². The molecule has 0 saturated carbocycles. The van der Waals surface area contributed by atoms with Gasteiger partial charge in [0.05, 0.1) is 7.11 Å². The van der Waals surface area contributed by atoms with Gasteiger partial charge in [-0.1, -0.05) is 24.3 Å². The zero-order valence-electron chi connectivity index (χ0n) is 22.1. The summed E-state index contributed by atoms with van der Waals surface area (Å²) >= 11 is 0. The van der Waals surface area contributed by atoms with Crippen LogP contribution >= 0.6 is 0 Å². The molecule has 2 bridgehead atoms. The molecular weight excluding hydrogens is 480 g/mol. The van der Waals surface area contributed by atoms with E-state index >= 15 is 0 Å². The van der Waals surface area contributed by atoms with Gasteiger partial charge in [-0.15, -0.1) is 0 Å². The number of rotatable bonds is 3. The van der Waals surface area contributed by atoms with Crippen LogP contribution in [-0.2, 0) is 41.5 Å². The van der Waals surface area contributed by atoms with Crippen molar-refractivity contribution in [3.63, 3.8) is 0 Å². The maximum atomic E-state index is 13.2. The van der Waals surface area contributed by atoms with Crippen LogP contribution in [0.5, 0.6) is 0 Å². The van der Waals surface area contributed by atoms with Gasteiger partial charge in [0.25, 0.3) is 0 Å². The van der Waals surface area contributed by atoms with Gasteiger partial charge in [-0.05, 0) is 51.2 Å². The summed E-state index contributed by atoms with van der Waals surface area (Å²) in [6.07, 6.45) is 0.892. The minimum Gasteiger partial charge on any atom is -0.467 e. The molecule has 11 heteroatoms. The molecule has 1 heterocycles. The van der Waals surface area contributed by atoms with Crippen molar-refractivity contribution >= 4 is 29.8 Å². The van der Waals surface area contributed by atoms with E-state index in [-0.39, 0.29) is 31.1 Å². The fourth-order valence-corrected chi connectivity index (χ4v) is 3.94. The summed E-state index contributed by atoms with van der Waals surface area (Å²) in [5, 5.41) is 10.8. The Kier molecular flexibility index (Phi) is 10.9. The first-order valence-corrected chi connectivity index (χ1v) is 12.4. The van der Waals surface area contributed by atoms with Gasteiger partial charge in [-0.2, -0.15) is 0 Å². The molecule has 4 N–H and O–H groups in total. The minimum absolute atomic E-state index is 0.127. The summed E-state index contributed by atoms with van der Waals surface area (Å²) in [6, 6.07) is 4.46. The lowest BCUT2D eigenvalue weighted by atomic mass is 9.98. The standard InChI is InChI=1S/C26H38N4O7/c1-16(31)28-20-14-17-9-8-10-18(13-17)15-21(24(34)36-5)29-23(33)19(11-6-7-12-27-22(20)32)30-25(35)37-26(2,3)4/h8-10,13,19-21H,6-7,11-12,14-15H2,1-5H3,(H,27,32)(H,28,31)(H,29,33)(H,30,35)/t19-,20-,21-/m0/s1. The van der Waals surface area contributed by atoms with Crippen molar-refractivity contribution in [1.29, 1.82) is 0 Å². The molecule has 1 aromatic rings. The van der Waals surface area contributed by atoms with E-state index in [4.69, 9.17) is 9.47 Å². The van der Waals surface area contributed by atoms with E-state index in [9.17, 15) is 24.0 Å². The van der Waals surface area contributed by atoms with Crippen molar-refractivity contribution in [3.8, 4) is 0 Å². The second-order valence-corrected chi connectivity index (χ2v) is 10.1. The number of nitrogens with one attached hydrogen (secondary N) is 4.